The summed E-state index contributed by atoms with van der Waals surface area (Å²) in [5.41, 5.74) is 4.20. The number of likely N-dealkylation sites (tertiary alicyclic amines) is 1. The van der Waals surface area contributed by atoms with Crippen molar-refractivity contribution in [3.63, 3.8) is 0 Å². The van der Waals surface area contributed by atoms with E-state index in [4.69, 9.17) is 9.97 Å². The van der Waals surface area contributed by atoms with E-state index in [0.717, 1.165) is 92.9 Å². The lowest BCUT2D eigenvalue weighted by atomic mass is 10.2. The van der Waals surface area contributed by atoms with E-state index in [9.17, 15) is 4.79 Å². The fraction of sp³-hybridized carbons (Fsp3) is 0.458. The van der Waals surface area contributed by atoms with E-state index >= 15 is 0 Å². The molecule has 170 valence electrons. The zero-order chi connectivity index (χ0) is 22.2. The van der Waals surface area contributed by atoms with Crippen molar-refractivity contribution in [3.05, 3.63) is 41.9 Å². The number of aryl methyl sites for hydroxylation is 1. The first-order valence-electron chi connectivity index (χ1n) is 11.9. The molecule has 3 aliphatic rings. The van der Waals surface area contributed by atoms with Gasteiger partial charge in [-0.2, -0.15) is 10.1 Å². The molecular weight excluding hydrogens is 416 g/mol. The van der Waals surface area contributed by atoms with Gasteiger partial charge in [0.05, 0.1) is 11.4 Å². The highest BCUT2D eigenvalue weighted by molar-refractivity contribution is 5.85. The number of carbonyl (C=O) groups is 1. The summed E-state index contributed by atoms with van der Waals surface area (Å²) in [6.07, 6.45) is 10.6. The number of anilines is 3. The molecular formula is C24H28N8O. The summed E-state index contributed by atoms with van der Waals surface area (Å²) in [5.74, 6) is 2.42. The molecule has 2 aliphatic heterocycles. The van der Waals surface area contributed by atoms with Gasteiger partial charge in [-0.1, -0.05) is 0 Å². The molecule has 2 fully saturated rings. The third kappa shape index (κ3) is 3.81. The van der Waals surface area contributed by atoms with Gasteiger partial charge in [-0.15, -0.1) is 0 Å². The summed E-state index contributed by atoms with van der Waals surface area (Å²) in [6, 6.07) is 5.72. The number of hydrogen-bond acceptors (Lipinski definition) is 7. The Labute approximate surface area is 192 Å². The Morgan fingerprint density at radius 2 is 1.88 bits per heavy atom. The number of amides is 1. The second-order valence-electron chi connectivity index (χ2n) is 9.06. The molecule has 2 N–H and O–H groups in total. The normalized spacial score (nSPS) is 19.8. The second-order valence-corrected chi connectivity index (χ2v) is 9.06. The van der Waals surface area contributed by atoms with Gasteiger partial charge in [-0.05, 0) is 57.1 Å². The Morgan fingerprint density at radius 3 is 2.73 bits per heavy atom. The van der Waals surface area contributed by atoms with Gasteiger partial charge in [0.2, 0.25) is 11.9 Å². The standard InChI is InChI=1S/C24H28N8O/c33-23(31-12-1-2-13-31)20-7-4-14-32(20)24-26-18-6-3-5-17(18)22(28-24)27-21-15-19(29-30-21)16-8-10-25-11-9-16/h8-11,15,20H,1-7,12-14H2,(H2,26,27,28,29,30). The fourth-order valence-electron chi connectivity index (χ4n) is 5.25. The summed E-state index contributed by atoms with van der Waals surface area (Å²) in [7, 11) is 0. The lowest BCUT2D eigenvalue weighted by molar-refractivity contribution is -0.131. The van der Waals surface area contributed by atoms with Crippen molar-refractivity contribution in [2.75, 3.05) is 29.9 Å². The molecule has 9 heteroatoms. The van der Waals surface area contributed by atoms with E-state index in [1.54, 1.807) is 12.4 Å². The number of carbonyl (C=O) groups excluding carboxylic acids is 1. The monoisotopic (exact) mass is 444 g/mol. The van der Waals surface area contributed by atoms with Gasteiger partial charge >= 0.3 is 0 Å². The van der Waals surface area contributed by atoms with Crippen LogP contribution < -0.4 is 10.2 Å². The lowest BCUT2D eigenvalue weighted by Crippen LogP contribution is -2.45. The van der Waals surface area contributed by atoms with Crippen LogP contribution in [0.4, 0.5) is 17.6 Å². The zero-order valence-electron chi connectivity index (χ0n) is 18.6. The average Bonchev–Trinajstić information content (AvgIpc) is 3.65. The van der Waals surface area contributed by atoms with E-state index in [-0.39, 0.29) is 11.9 Å². The maximum absolute atomic E-state index is 13.2. The first-order valence-corrected chi connectivity index (χ1v) is 11.9. The molecule has 1 unspecified atom stereocenters. The van der Waals surface area contributed by atoms with E-state index in [0.29, 0.717) is 11.8 Å². The number of pyridine rings is 1. The molecule has 0 radical (unpaired) electrons. The number of hydrogen-bond donors (Lipinski definition) is 2. The zero-order valence-corrected chi connectivity index (χ0v) is 18.6. The molecule has 3 aromatic rings. The topological polar surface area (TPSA) is 103 Å². The van der Waals surface area contributed by atoms with E-state index < -0.39 is 0 Å². The molecule has 5 heterocycles. The molecule has 1 atom stereocenters. The Kier molecular flexibility index (Phi) is 5.16. The number of aromatic amines is 1. The van der Waals surface area contributed by atoms with Crippen molar-refractivity contribution in [2.24, 2.45) is 0 Å². The Balaban J connectivity index is 1.29. The minimum atomic E-state index is -0.154. The predicted molar refractivity (Wildman–Crippen MR) is 125 cm³/mol. The number of rotatable bonds is 5. The average molecular weight is 445 g/mol. The van der Waals surface area contributed by atoms with Crippen LogP contribution in [0.3, 0.4) is 0 Å². The highest BCUT2D eigenvalue weighted by Crippen LogP contribution is 2.33. The molecule has 1 aliphatic carbocycles. The smallest absolute Gasteiger partial charge is 0.245 e. The van der Waals surface area contributed by atoms with Crippen LogP contribution in [0.25, 0.3) is 11.3 Å². The Morgan fingerprint density at radius 1 is 1.03 bits per heavy atom. The molecule has 3 aromatic heterocycles. The number of H-pyrrole nitrogens is 1. The molecule has 0 aromatic carbocycles. The highest BCUT2D eigenvalue weighted by Gasteiger charge is 2.37. The molecule has 1 amide bonds. The van der Waals surface area contributed by atoms with Crippen LogP contribution >= 0.6 is 0 Å². The Bertz CT molecular complexity index is 1150. The van der Waals surface area contributed by atoms with Crippen LogP contribution in [0.5, 0.6) is 0 Å². The van der Waals surface area contributed by atoms with Gasteiger partial charge in [0.15, 0.2) is 5.82 Å². The number of aromatic nitrogens is 5. The van der Waals surface area contributed by atoms with Crippen molar-refractivity contribution in [3.8, 4) is 11.3 Å². The van der Waals surface area contributed by atoms with Crippen molar-refractivity contribution in [2.45, 2.75) is 51.0 Å². The molecule has 0 bridgehead atoms. The minimum Gasteiger partial charge on any atom is -0.341 e. The largest absolute Gasteiger partial charge is 0.341 e. The van der Waals surface area contributed by atoms with Gasteiger partial charge in [0, 0.05) is 49.2 Å². The van der Waals surface area contributed by atoms with Crippen molar-refractivity contribution >= 4 is 23.5 Å². The van der Waals surface area contributed by atoms with Crippen LogP contribution in [0, 0.1) is 0 Å². The third-order valence-corrected chi connectivity index (χ3v) is 6.95. The van der Waals surface area contributed by atoms with Crippen molar-refractivity contribution < 1.29 is 4.79 Å². The van der Waals surface area contributed by atoms with Crippen molar-refractivity contribution in [1.29, 1.82) is 0 Å². The lowest BCUT2D eigenvalue weighted by Gasteiger charge is -2.28. The predicted octanol–water partition coefficient (Wildman–Crippen LogP) is 3.09. The summed E-state index contributed by atoms with van der Waals surface area (Å²) >= 11 is 0. The molecule has 0 saturated carbocycles. The molecule has 6 rings (SSSR count). The second kappa shape index (κ2) is 8.46. The van der Waals surface area contributed by atoms with Crippen LogP contribution in [-0.4, -0.2) is 61.6 Å². The fourth-order valence-corrected chi connectivity index (χ4v) is 5.25. The number of nitrogens with zero attached hydrogens (tertiary/aromatic N) is 6. The van der Waals surface area contributed by atoms with Crippen LogP contribution in [0.2, 0.25) is 0 Å². The summed E-state index contributed by atoms with van der Waals surface area (Å²) in [4.78, 5) is 31.2. The van der Waals surface area contributed by atoms with E-state index in [1.807, 2.05) is 23.1 Å². The Hall–Kier alpha value is -3.49. The summed E-state index contributed by atoms with van der Waals surface area (Å²) in [6.45, 7) is 2.57. The van der Waals surface area contributed by atoms with E-state index in [1.165, 1.54) is 0 Å². The molecule has 33 heavy (non-hydrogen) atoms. The van der Waals surface area contributed by atoms with E-state index in [2.05, 4.69) is 25.4 Å². The quantitative estimate of drug-likeness (QED) is 0.623. The summed E-state index contributed by atoms with van der Waals surface area (Å²) < 4.78 is 0. The van der Waals surface area contributed by atoms with Crippen molar-refractivity contribution in [1.82, 2.24) is 30.0 Å². The third-order valence-electron chi connectivity index (χ3n) is 6.95. The highest BCUT2D eigenvalue weighted by atomic mass is 16.2. The SMILES string of the molecule is O=C(C1CCCN1c1nc2c(c(Nc3cc(-c4ccncc4)[nH]n3)n1)CCC2)N1CCCC1. The number of nitrogens with one attached hydrogen (secondary N) is 2. The first-order chi connectivity index (χ1) is 16.3. The maximum Gasteiger partial charge on any atom is 0.245 e. The van der Waals surface area contributed by atoms with Gasteiger partial charge in [-0.3, -0.25) is 14.9 Å². The molecule has 2 saturated heterocycles. The molecule has 9 nitrogen and oxygen atoms in total. The van der Waals surface area contributed by atoms with Crippen LogP contribution in [0.15, 0.2) is 30.6 Å². The van der Waals surface area contributed by atoms with Gasteiger partial charge in [-0.25, -0.2) is 4.98 Å². The first kappa shape index (κ1) is 20.1. The maximum atomic E-state index is 13.2. The van der Waals surface area contributed by atoms with Gasteiger partial charge in [0.1, 0.15) is 11.9 Å². The van der Waals surface area contributed by atoms with Crippen LogP contribution in [0.1, 0.15) is 43.4 Å². The molecule has 0 spiro atoms. The summed E-state index contributed by atoms with van der Waals surface area (Å²) in [5, 5.41) is 11.0. The van der Waals surface area contributed by atoms with Crippen LogP contribution in [-0.2, 0) is 17.6 Å². The minimum absolute atomic E-state index is 0.154. The van der Waals surface area contributed by atoms with Gasteiger partial charge < -0.3 is 15.1 Å². The number of fused-ring (bicyclic) bond motifs is 1. The van der Waals surface area contributed by atoms with Gasteiger partial charge in [0.25, 0.3) is 0 Å².